The molecule has 1 aliphatic heterocycles. The SMILES string of the molecule is O[C@H](CN1CCN(Cc2ccccc2F)CC1)c1ccco1. The first kappa shape index (κ1) is 15.2. The summed E-state index contributed by atoms with van der Waals surface area (Å²) in [6.45, 7) is 4.69. The summed E-state index contributed by atoms with van der Waals surface area (Å²) >= 11 is 0. The van der Waals surface area contributed by atoms with E-state index in [-0.39, 0.29) is 5.82 Å². The Morgan fingerprint density at radius 2 is 1.77 bits per heavy atom. The van der Waals surface area contributed by atoms with Gasteiger partial charge in [0.2, 0.25) is 0 Å². The molecular formula is C17H21FN2O2. The summed E-state index contributed by atoms with van der Waals surface area (Å²) in [4.78, 5) is 4.46. The molecule has 118 valence electrons. The molecule has 1 saturated heterocycles. The van der Waals surface area contributed by atoms with Crippen molar-refractivity contribution in [2.24, 2.45) is 0 Å². The highest BCUT2D eigenvalue weighted by Crippen LogP contribution is 2.17. The molecule has 3 rings (SSSR count). The predicted molar refractivity (Wildman–Crippen MR) is 81.8 cm³/mol. The second-order valence-electron chi connectivity index (χ2n) is 5.70. The Kier molecular flexibility index (Phi) is 4.87. The van der Waals surface area contributed by atoms with E-state index in [4.69, 9.17) is 4.42 Å². The van der Waals surface area contributed by atoms with Crippen LogP contribution in [0.5, 0.6) is 0 Å². The van der Waals surface area contributed by atoms with Crippen molar-refractivity contribution in [2.45, 2.75) is 12.6 Å². The molecule has 0 spiro atoms. The molecule has 1 N–H and O–H groups in total. The second-order valence-corrected chi connectivity index (χ2v) is 5.70. The summed E-state index contributed by atoms with van der Waals surface area (Å²) in [5.74, 6) is 0.465. The maximum absolute atomic E-state index is 13.7. The number of furan rings is 1. The fraction of sp³-hybridized carbons (Fsp3) is 0.412. The summed E-state index contributed by atoms with van der Waals surface area (Å²) in [5.41, 5.74) is 0.742. The van der Waals surface area contributed by atoms with Crippen molar-refractivity contribution in [3.8, 4) is 0 Å². The number of piperazine rings is 1. The lowest BCUT2D eigenvalue weighted by molar-refractivity contribution is 0.0595. The van der Waals surface area contributed by atoms with Crippen molar-refractivity contribution >= 4 is 0 Å². The summed E-state index contributed by atoms with van der Waals surface area (Å²) < 4.78 is 18.9. The molecule has 5 heteroatoms. The number of benzene rings is 1. The number of rotatable bonds is 5. The van der Waals surface area contributed by atoms with Gasteiger partial charge in [0.1, 0.15) is 17.7 Å². The fourth-order valence-corrected chi connectivity index (χ4v) is 2.81. The maximum atomic E-state index is 13.7. The molecule has 22 heavy (non-hydrogen) atoms. The van der Waals surface area contributed by atoms with Crippen LogP contribution >= 0.6 is 0 Å². The molecule has 2 aromatic rings. The lowest BCUT2D eigenvalue weighted by Gasteiger charge is -2.35. The minimum Gasteiger partial charge on any atom is -0.467 e. The van der Waals surface area contributed by atoms with Crippen LogP contribution in [0.1, 0.15) is 17.4 Å². The first-order valence-electron chi connectivity index (χ1n) is 7.62. The molecule has 1 atom stereocenters. The van der Waals surface area contributed by atoms with E-state index in [1.165, 1.54) is 6.07 Å². The standard InChI is InChI=1S/C17H21FN2O2/c18-15-5-2-1-4-14(15)12-19-7-9-20(10-8-19)13-16(21)17-6-3-11-22-17/h1-6,11,16,21H,7-10,12-13H2/t16-/m1/s1. The predicted octanol–water partition coefficient (Wildman–Crippen LogP) is 2.27. The van der Waals surface area contributed by atoms with E-state index in [9.17, 15) is 9.50 Å². The first-order valence-corrected chi connectivity index (χ1v) is 7.62. The topological polar surface area (TPSA) is 39.9 Å². The van der Waals surface area contributed by atoms with E-state index >= 15 is 0 Å². The summed E-state index contributed by atoms with van der Waals surface area (Å²) in [6.07, 6.45) is 0.985. The van der Waals surface area contributed by atoms with Crippen LogP contribution in [0.3, 0.4) is 0 Å². The first-order chi connectivity index (χ1) is 10.7. The highest BCUT2D eigenvalue weighted by Gasteiger charge is 2.21. The van der Waals surface area contributed by atoms with Crippen molar-refractivity contribution in [2.75, 3.05) is 32.7 Å². The maximum Gasteiger partial charge on any atom is 0.133 e. The van der Waals surface area contributed by atoms with E-state index < -0.39 is 6.10 Å². The molecular weight excluding hydrogens is 283 g/mol. The Morgan fingerprint density at radius 1 is 1.05 bits per heavy atom. The Hall–Kier alpha value is -1.69. The van der Waals surface area contributed by atoms with E-state index in [2.05, 4.69) is 9.80 Å². The van der Waals surface area contributed by atoms with Crippen LogP contribution in [0.25, 0.3) is 0 Å². The smallest absolute Gasteiger partial charge is 0.133 e. The lowest BCUT2D eigenvalue weighted by atomic mass is 10.1. The zero-order valence-electron chi connectivity index (χ0n) is 12.5. The molecule has 1 aliphatic rings. The van der Waals surface area contributed by atoms with Crippen molar-refractivity contribution in [3.05, 3.63) is 59.8 Å². The number of aliphatic hydroxyl groups excluding tert-OH is 1. The largest absolute Gasteiger partial charge is 0.467 e. The van der Waals surface area contributed by atoms with Gasteiger partial charge in [-0.15, -0.1) is 0 Å². The van der Waals surface area contributed by atoms with Crippen LogP contribution in [0, 0.1) is 5.82 Å². The van der Waals surface area contributed by atoms with Gasteiger partial charge in [0.05, 0.1) is 6.26 Å². The highest BCUT2D eigenvalue weighted by molar-refractivity contribution is 5.17. The van der Waals surface area contributed by atoms with Gasteiger partial charge in [-0.25, -0.2) is 4.39 Å². The van der Waals surface area contributed by atoms with Crippen LogP contribution in [-0.4, -0.2) is 47.6 Å². The van der Waals surface area contributed by atoms with Crippen molar-refractivity contribution in [1.82, 2.24) is 9.80 Å². The molecule has 4 nitrogen and oxygen atoms in total. The summed E-state index contributed by atoms with van der Waals surface area (Å²) in [7, 11) is 0. The fourth-order valence-electron chi connectivity index (χ4n) is 2.81. The van der Waals surface area contributed by atoms with Crippen LogP contribution in [0.2, 0.25) is 0 Å². The number of nitrogens with zero attached hydrogens (tertiary/aromatic N) is 2. The third kappa shape index (κ3) is 3.74. The number of halogens is 1. The summed E-state index contributed by atoms with van der Waals surface area (Å²) in [5, 5.41) is 10.1. The normalized spacial score (nSPS) is 18.5. The van der Waals surface area contributed by atoms with Crippen LogP contribution in [0.4, 0.5) is 4.39 Å². The molecule has 0 amide bonds. The van der Waals surface area contributed by atoms with Gasteiger partial charge in [0.15, 0.2) is 0 Å². The molecule has 0 bridgehead atoms. The van der Waals surface area contributed by atoms with Crippen LogP contribution in [0.15, 0.2) is 47.1 Å². The quantitative estimate of drug-likeness (QED) is 0.920. The average molecular weight is 304 g/mol. The minimum atomic E-state index is -0.590. The Labute approximate surface area is 129 Å². The molecule has 0 unspecified atom stereocenters. The van der Waals surface area contributed by atoms with Crippen LogP contribution in [-0.2, 0) is 6.54 Å². The van der Waals surface area contributed by atoms with Gasteiger partial charge in [-0.1, -0.05) is 18.2 Å². The van der Waals surface area contributed by atoms with E-state index in [1.807, 2.05) is 12.1 Å². The van der Waals surface area contributed by atoms with Crippen molar-refractivity contribution in [3.63, 3.8) is 0 Å². The second kappa shape index (κ2) is 7.05. The zero-order chi connectivity index (χ0) is 15.4. The summed E-state index contributed by atoms with van der Waals surface area (Å²) in [6, 6.07) is 10.5. The lowest BCUT2D eigenvalue weighted by Crippen LogP contribution is -2.47. The third-order valence-electron chi connectivity index (χ3n) is 4.12. The van der Waals surface area contributed by atoms with Gasteiger partial charge in [0, 0.05) is 44.8 Å². The Bertz CT molecular complexity index is 580. The monoisotopic (exact) mass is 304 g/mol. The molecule has 1 aromatic carbocycles. The number of hydrogen-bond acceptors (Lipinski definition) is 4. The Morgan fingerprint density at radius 3 is 2.45 bits per heavy atom. The van der Waals surface area contributed by atoms with Gasteiger partial charge < -0.3 is 9.52 Å². The van der Waals surface area contributed by atoms with E-state index in [0.29, 0.717) is 18.8 Å². The van der Waals surface area contributed by atoms with Crippen LogP contribution < -0.4 is 0 Å². The van der Waals surface area contributed by atoms with Gasteiger partial charge in [0.25, 0.3) is 0 Å². The van der Waals surface area contributed by atoms with Gasteiger partial charge in [-0.2, -0.15) is 0 Å². The zero-order valence-corrected chi connectivity index (χ0v) is 12.5. The van der Waals surface area contributed by atoms with E-state index in [1.54, 1.807) is 24.5 Å². The third-order valence-corrected chi connectivity index (χ3v) is 4.12. The number of hydrogen-bond donors (Lipinski definition) is 1. The highest BCUT2D eigenvalue weighted by atomic mass is 19.1. The number of aliphatic hydroxyl groups is 1. The van der Waals surface area contributed by atoms with Gasteiger partial charge >= 0.3 is 0 Å². The van der Waals surface area contributed by atoms with Crippen molar-refractivity contribution < 1.29 is 13.9 Å². The van der Waals surface area contributed by atoms with Crippen molar-refractivity contribution in [1.29, 1.82) is 0 Å². The molecule has 1 fully saturated rings. The molecule has 1 aromatic heterocycles. The average Bonchev–Trinajstić information content (AvgIpc) is 3.06. The molecule has 0 radical (unpaired) electrons. The van der Waals surface area contributed by atoms with Gasteiger partial charge in [-0.05, 0) is 18.2 Å². The Balaban J connectivity index is 1.47. The van der Waals surface area contributed by atoms with Gasteiger partial charge in [-0.3, -0.25) is 9.80 Å². The molecule has 0 aliphatic carbocycles. The molecule has 0 saturated carbocycles. The van der Waals surface area contributed by atoms with E-state index in [0.717, 1.165) is 31.7 Å². The minimum absolute atomic E-state index is 0.141. The number of β-amino-alcohol motifs (C(OH)–C–C–N with tert-alkyl or cyclic N) is 1. The molecule has 2 heterocycles.